The van der Waals surface area contributed by atoms with Crippen molar-refractivity contribution in [3.63, 3.8) is 0 Å². The second-order valence-corrected chi connectivity index (χ2v) is 14.2. The zero-order valence-electron chi connectivity index (χ0n) is 22.9. The summed E-state index contributed by atoms with van der Waals surface area (Å²) in [5, 5.41) is 13.5. The molecule has 0 bridgehead atoms. The van der Waals surface area contributed by atoms with Crippen LogP contribution in [-0.4, -0.2) is 28.3 Å². The minimum Gasteiger partial charge on any atom is -0.392 e. The zero-order valence-corrected chi connectivity index (χ0v) is 23.8. The van der Waals surface area contributed by atoms with Gasteiger partial charge in [0.05, 0.1) is 11.8 Å². The number of rotatable bonds is 10. The summed E-state index contributed by atoms with van der Waals surface area (Å²) in [4.78, 5) is 2.38. The summed E-state index contributed by atoms with van der Waals surface area (Å²) in [6, 6.07) is 40.4. The van der Waals surface area contributed by atoms with Gasteiger partial charge in [0.1, 0.15) is 7.14 Å². The van der Waals surface area contributed by atoms with E-state index in [1.165, 1.54) is 11.1 Å². The van der Waals surface area contributed by atoms with Gasteiger partial charge < -0.3 is 9.67 Å². The lowest BCUT2D eigenvalue weighted by Crippen LogP contribution is -2.48. The maximum Gasteiger partial charge on any atom is 0.149 e. The number of benzene rings is 4. The molecule has 0 amide bonds. The van der Waals surface area contributed by atoms with Gasteiger partial charge >= 0.3 is 0 Å². The fraction of sp³-hybridized carbons (Fsp3) is 0.294. The second-order valence-electron chi connectivity index (χ2n) is 11.2. The molecule has 0 heterocycles. The molecule has 0 aliphatic heterocycles. The predicted molar refractivity (Wildman–Crippen MR) is 161 cm³/mol. The quantitative estimate of drug-likeness (QED) is 0.226. The minimum atomic E-state index is -3.27. The summed E-state index contributed by atoms with van der Waals surface area (Å²) in [6.07, 6.45) is -0.796. The number of nitrogens with zero attached hydrogens (tertiary/aromatic N) is 1. The van der Waals surface area contributed by atoms with Gasteiger partial charge in [0.15, 0.2) is 0 Å². The number of aliphatic hydroxyl groups excluding tert-OH is 1. The maximum absolute atomic E-state index is 15.6. The van der Waals surface area contributed by atoms with Crippen LogP contribution in [0.1, 0.15) is 44.9 Å². The normalized spacial score (nSPS) is 14.7. The van der Waals surface area contributed by atoms with E-state index in [4.69, 9.17) is 0 Å². The van der Waals surface area contributed by atoms with Gasteiger partial charge in [-0.2, -0.15) is 0 Å². The third-order valence-electron chi connectivity index (χ3n) is 7.48. The third-order valence-corrected chi connectivity index (χ3v) is 11.0. The first-order valence-electron chi connectivity index (χ1n) is 13.4. The van der Waals surface area contributed by atoms with Gasteiger partial charge in [-0.25, -0.2) is 0 Å². The van der Waals surface area contributed by atoms with Crippen molar-refractivity contribution in [2.75, 3.05) is 6.54 Å². The molecular weight excluding hydrogens is 485 g/mol. The zero-order chi connectivity index (χ0) is 27.2. The van der Waals surface area contributed by atoms with Crippen molar-refractivity contribution in [2.45, 2.75) is 52.0 Å². The molecule has 4 heteroatoms. The van der Waals surface area contributed by atoms with Crippen LogP contribution in [0.4, 0.5) is 0 Å². The summed E-state index contributed by atoms with van der Waals surface area (Å²) < 4.78 is 15.6. The van der Waals surface area contributed by atoms with Gasteiger partial charge in [0.2, 0.25) is 0 Å². The number of aliphatic hydroxyl groups is 1. The average Bonchev–Trinajstić information content (AvgIpc) is 2.95. The predicted octanol–water partition coefficient (Wildman–Crippen LogP) is 7.04. The van der Waals surface area contributed by atoms with Crippen LogP contribution in [0.5, 0.6) is 0 Å². The molecule has 0 saturated heterocycles. The molecule has 0 fully saturated rings. The first-order valence-corrected chi connectivity index (χ1v) is 15.2. The van der Waals surface area contributed by atoms with Gasteiger partial charge in [-0.3, -0.25) is 4.90 Å². The second kappa shape index (κ2) is 12.3. The fourth-order valence-electron chi connectivity index (χ4n) is 5.18. The van der Waals surface area contributed by atoms with Gasteiger partial charge in [-0.1, -0.05) is 142 Å². The van der Waals surface area contributed by atoms with Gasteiger partial charge in [0, 0.05) is 29.7 Å². The van der Waals surface area contributed by atoms with E-state index in [2.05, 4.69) is 60.4 Å². The monoisotopic (exact) mass is 525 g/mol. The highest BCUT2D eigenvalue weighted by Gasteiger charge is 2.46. The van der Waals surface area contributed by atoms with E-state index in [1.54, 1.807) is 0 Å². The van der Waals surface area contributed by atoms with Crippen LogP contribution in [0.15, 0.2) is 121 Å². The van der Waals surface area contributed by atoms with Crippen molar-refractivity contribution in [1.29, 1.82) is 0 Å². The molecule has 1 N–H and O–H groups in total. The Morgan fingerprint density at radius 1 is 0.711 bits per heavy atom. The molecule has 0 aromatic heterocycles. The molecule has 0 spiro atoms. The van der Waals surface area contributed by atoms with Crippen LogP contribution in [0.25, 0.3) is 0 Å². The average molecular weight is 526 g/mol. The summed E-state index contributed by atoms with van der Waals surface area (Å²) in [6.45, 7) is 9.47. The molecule has 3 atom stereocenters. The summed E-state index contributed by atoms with van der Waals surface area (Å²) in [5.74, 6) is 0. The molecule has 38 heavy (non-hydrogen) atoms. The maximum atomic E-state index is 15.6. The van der Waals surface area contributed by atoms with E-state index in [-0.39, 0.29) is 6.04 Å². The fourth-order valence-corrected chi connectivity index (χ4v) is 8.76. The van der Waals surface area contributed by atoms with Crippen molar-refractivity contribution in [1.82, 2.24) is 4.90 Å². The van der Waals surface area contributed by atoms with Gasteiger partial charge in [0.25, 0.3) is 0 Å². The summed E-state index contributed by atoms with van der Waals surface area (Å²) in [5.41, 5.74) is 1.41. The van der Waals surface area contributed by atoms with Crippen LogP contribution in [-0.2, 0) is 11.1 Å². The van der Waals surface area contributed by atoms with Crippen LogP contribution < -0.4 is 10.6 Å². The van der Waals surface area contributed by atoms with E-state index in [0.29, 0.717) is 13.1 Å². The lowest BCUT2D eigenvalue weighted by molar-refractivity contribution is 0.0432. The van der Waals surface area contributed by atoms with Gasteiger partial charge in [-0.15, -0.1) is 0 Å². The first kappa shape index (κ1) is 28.0. The summed E-state index contributed by atoms with van der Waals surface area (Å²) in [7, 11) is -3.27. The molecule has 0 aliphatic carbocycles. The van der Waals surface area contributed by atoms with E-state index >= 15 is 4.57 Å². The molecule has 198 valence electrons. The molecule has 0 saturated carbocycles. The van der Waals surface area contributed by atoms with E-state index in [9.17, 15) is 5.11 Å². The Balaban J connectivity index is 1.86. The Morgan fingerprint density at radius 3 is 1.58 bits per heavy atom. The van der Waals surface area contributed by atoms with Crippen LogP contribution in [0.3, 0.4) is 0 Å². The van der Waals surface area contributed by atoms with Crippen molar-refractivity contribution in [3.05, 3.63) is 132 Å². The standard InChI is InChI=1S/C34H40NO2P/c1-27(29-19-11-6-12-20-29)35(25-28-17-9-5-10-18-28)26-32(33(36)34(2,3)4)38(37,30-21-13-7-14-22-30)31-23-15-8-16-24-31/h5-24,27,32-33,36H,25-26H2,1-4H3/t27-,32?,33?/m1/s1. The summed E-state index contributed by atoms with van der Waals surface area (Å²) >= 11 is 0. The van der Waals surface area contributed by atoms with E-state index in [0.717, 1.165) is 10.6 Å². The highest BCUT2D eigenvalue weighted by molar-refractivity contribution is 7.79. The molecular formula is C34H40NO2P. The first-order chi connectivity index (χ1) is 18.2. The molecule has 0 aliphatic rings. The highest BCUT2D eigenvalue weighted by atomic mass is 31.2. The van der Waals surface area contributed by atoms with Crippen molar-refractivity contribution < 1.29 is 9.67 Å². The lowest BCUT2D eigenvalue weighted by atomic mass is 9.86. The molecule has 4 aromatic rings. The topological polar surface area (TPSA) is 40.5 Å². The highest BCUT2D eigenvalue weighted by Crippen LogP contribution is 2.53. The minimum absolute atomic E-state index is 0.0612. The van der Waals surface area contributed by atoms with E-state index in [1.807, 2.05) is 93.6 Å². The van der Waals surface area contributed by atoms with Gasteiger partial charge in [-0.05, 0) is 23.5 Å². The number of hydrogen-bond donors (Lipinski definition) is 1. The Labute approximate surface area is 228 Å². The molecule has 4 rings (SSSR count). The van der Waals surface area contributed by atoms with Crippen molar-refractivity contribution >= 4 is 17.8 Å². The Bertz CT molecular complexity index is 1260. The van der Waals surface area contributed by atoms with Crippen LogP contribution in [0.2, 0.25) is 0 Å². The van der Waals surface area contributed by atoms with Crippen LogP contribution >= 0.6 is 7.14 Å². The SMILES string of the molecule is C[C@H](c1ccccc1)N(Cc1ccccc1)CC(C(O)C(C)(C)C)P(=O)(c1ccccc1)c1ccccc1. The number of hydrogen-bond acceptors (Lipinski definition) is 3. The van der Waals surface area contributed by atoms with E-state index < -0.39 is 24.3 Å². The Kier molecular flexibility index (Phi) is 9.05. The Hall–Kier alpha value is -2.97. The smallest absolute Gasteiger partial charge is 0.149 e. The van der Waals surface area contributed by atoms with Crippen molar-refractivity contribution in [3.8, 4) is 0 Å². The van der Waals surface area contributed by atoms with Crippen LogP contribution in [0, 0.1) is 5.41 Å². The molecule has 0 radical (unpaired) electrons. The third kappa shape index (κ3) is 6.35. The molecule has 3 nitrogen and oxygen atoms in total. The molecule has 4 aromatic carbocycles. The lowest BCUT2D eigenvalue weighted by Gasteiger charge is -2.42. The Morgan fingerprint density at radius 2 is 1.13 bits per heavy atom. The largest absolute Gasteiger partial charge is 0.392 e. The van der Waals surface area contributed by atoms with Crippen molar-refractivity contribution in [2.24, 2.45) is 5.41 Å². The molecule has 2 unspecified atom stereocenters.